The quantitative estimate of drug-likeness (QED) is 0.641. The molecule has 8 nitrogen and oxygen atoms in total. The van der Waals surface area contributed by atoms with Crippen LogP contribution in [0.5, 0.6) is 0 Å². The Balaban J connectivity index is 1.12. The SMILES string of the molecule is Cc1cc(C(F)(F)F)nn1CC(=O)N1CCC(N2CC(C(=O)N(C)[C@@H]3CCCc4ccccc43)=CN2)CC1. The lowest BCUT2D eigenvalue weighted by molar-refractivity contribution is -0.142. The number of benzene rings is 1. The molecule has 0 spiro atoms. The summed E-state index contributed by atoms with van der Waals surface area (Å²) in [5.74, 6) is -0.233. The van der Waals surface area contributed by atoms with Gasteiger partial charge < -0.3 is 15.2 Å². The van der Waals surface area contributed by atoms with Crippen LogP contribution < -0.4 is 5.43 Å². The van der Waals surface area contributed by atoms with Crippen molar-refractivity contribution < 1.29 is 22.8 Å². The number of amides is 2. The number of alkyl halides is 3. The molecule has 204 valence electrons. The molecular formula is C27H33F3N6O2. The summed E-state index contributed by atoms with van der Waals surface area (Å²) in [6, 6.07) is 9.51. The van der Waals surface area contributed by atoms with Gasteiger partial charge in [0.2, 0.25) is 5.91 Å². The Hall–Kier alpha value is -3.34. The van der Waals surface area contributed by atoms with E-state index in [-0.39, 0.29) is 30.4 Å². The molecule has 0 bridgehead atoms. The number of aromatic nitrogens is 2. The first-order valence-electron chi connectivity index (χ1n) is 13.1. The number of likely N-dealkylation sites (tertiary alicyclic amines) is 1. The van der Waals surface area contributed by atoms with E-state index >= 15 is 0 Å². The zero-order chi connectivity index (χ0) is 27.0. The van der Waals surface area contributed by atoms with E-state index in [9.17, 15) is 22.8 Å². The highest BCUT2D eigenvalue weighted by Crippen LogP contribution is 2.34. The van der Waals surface area contributed by atoms with Crippen molar-refractivity contribution in [3.05, 3.63) is 64.6 Å². The van der Waals surface area contributed by atoms with E-state index < -0.39 is 11.9 Å². The molecule has 1 atom stereocenters. The molecule has 0 saturated carbocycles. The molecule has 0 unspecified atom stereocenters. The molecule has 2 amide bonds. The summed E-state index contributed by atoms with van der Waals surface area (Å²) < 4.78 is 39.9. The number of aryl methyl sites for hydroxylation is 2. The van der Waals surface area contributed by atoms with Crippen LogP contribution in [0.4, 0.5) is 13.2 Å². The zero-order valence-corrected chi connectivity index (χ0v) is 21.7. The molecule has 1 aromatic carbocycles. The van der Waals surface area contributed by atoms with Gasteiger partial charge in [0.1, 0.15) is 6.54 Å². The summed E-state index contributed by atoms with van der Waals surface area (Å²) >= 11 is 0. The average Bonchev–Trinajstić information content (AvgIpc) is 3.55. The molecule has 1 fully saturated rings. The number of piperidine rings is 1. The first kappa shape index (κ1) is 26.3. The Morgan fingerprint density at radius 3 is 2.61 bits per heavy atom. The third-order valence-electron chi connectivity index (χ3n) is 7.96. The Morgan fingerprint density at radius 1 is 1.16 bits per heavy atom. The second-order valence-corrected chi connectivity index (χ2v) is 10.4. The van der Waals surface area contributed by atoms with Gasteiger partial charge in [-0.05, 0) is 56.2 Å². The van der Waals surface area contributed by atoms with Gasteiger partial charge in [-0.2, -0.15) is 18.3 Å². The predicted molar refractivity (Wildman–Crippen MR) is 134 cm³/mol. The maximum Gasteiger partial charge on any atom is 0.435 e. The van der Waals surface area contributed by atoms with Gasteiger partial charge in [0.25, 0.3) is 5.91 Å². The van der Waals surface area contributed by atoms with Gasteiger partial charge in [0.15, 0.2) is 5.69 Å². The Morgan fingerprint density at radius 2 is 1.89 bits per heavy atom. The van der Waals surface area contributed by atoms with E-state index in [0.717, 1.165) is 30.0 Å². The molecule has 3 heterocycles. The van der Waals surface area contributed by atoms with Crippen LogP contribution >= 0.6 is 0 Å². The van der Waals surface area contributed by atoms with Gasteiger partial charge >= 0.3 is 6.18 Å². The van der Waals surface area contributed by atoms with Crippen molar-refractivity contribution >= 4 is 11.8 Å². The molecule has 1 aromatic heterocycles. The minimum absolute atomic E-state index is 0.0159. The van der Waals surface area contributed by atoms with Crippen LogP contribution in [0.1, 0.15) is 54.2 Å². The third kappa shape index (κ3) is 5.29. The monoisotopic (exact) mass is 530 g/mol. The molecule has 1 aliphatic carbocycles. The number of halogens is 3. The van der Waals surface area contributed by atoms with Gasteiger partial charge in [0.05, 0.1) is 18.2 Å². The van der Waals surface area contributed by atoms with Crippen LogP contribution in [0.2, 0.25) is 0 Å². The standard InChI is InChI=1S/C27H33F3N6O2/c1-18-14-24(27(28,29)30)32-35(18)17-25(37)34-12-10-21(11-13-34)36-16-20(15-31-36)26(38)33(2)23-9-5-7-19-6-3-4-8-22(19)23/h3-4,6,8,14-15,21,23,31H,5,7,9-13,16-17H2,1-2H3/t23-/m1/s1. The number of nitrogens with zero attached hydrogens (tertiary/aromatic N) is 5. The fourth-order valence-electron chi connectivity index (χ4n) is 5.76. The Kier molecular flexibility index (Phi) is 7.21. The van der Waals surface area contributed by atoms with E-state index in [1.165, 1.54) is 18.1 Å². The molecule has 5 rings (SSSR count). The van der Waals surface area contributed by atoms with E-state index in [2.05, 4.69) is 22.7 Å². The first-order valence-corrected chi connectivity index (χ1v) is 13.1. The molecule has 1 saturated heterocycles. The molecule has 2 aliphatic heterocycles. The highest BCUT2D eigenvalue weighted by molar-refractivity contribution is 5.94. The normalized spacial score (nSPS) is 20.6. The van der Waals surface area contributed by atoms with Gasteiger partial charge in [-0.1, -0.05) is 24.3 Å². The topological polar surface area (TPSA) is 73.7 Å². The molecule has 0 radical (unpaired) electrons. The van der Waals surface area contributed by atoms with E-state index in [4.69, 9.17) is 0 Å². The van der Waals surface area contributed by atoms with E-state index in [1.807, 2.05) is 29.1 Å². The molecule has 2 aromatic rings. The minimum Gasteiger partial charge on any atom is -0.341 e. The van der Waals surface area contributed by atoms with Gasteiger partial charge in [-0.15, -0.1) is 0 Å². The minimum atomic E-state index is -4.54. The lowest BCUT2D eigenvalue weighted by atomic mass is 9.87. The predicted octanol–water partition coefficient (Wildman–Crippen LogP) is 3.44. The summed E-state index contributed by atoms with van der Waals surface area (Å²) in [7, 11) is 1.88. The Labute approximate surface area is 220 Å². The highest BCUT2D eigenvalue weighted by atomic mass is 19.4. The van der Waals surface area contributed by atoms with Crippen LogP contribution in [-0.4, -0.2) is 69.1 Å². The molecular weight excluding hydrogens is 497 g/mol. The molecule has 1 N–H and O–H groups in total. The fourth-order valence-corrected chi connectivity index (χ4v) is 5.76. The summed E-state index contributed by atoms with van der Waals surface area (Å²) in [5.41, 5.74) is 5.81. The summed E-state index contributed by atoms with van der Waals surface area (Å²) in [4.78, 5) is 29.6. The number of hydrogen-bond donors (Lipinski definition) is 1. The number of fused-ring (bicyclic) bond motifs is 1. The molecule has 11 heteroatoms. The maximum absolute atomic E-state index is 13.3. The van der Waals surface area contributed by atoms with Crippen molar-refractivity contribution in [1.82, 2.24) is 30.0 Å². The number of hydrazine groups is 1. The van der Waals surface area contributed by atoms with Crippen molar-refractivity contribution in [1.29, 1.82) is 0 Å². The molecule has 3 aliphatic rings. The smallest absolute Gasteiger partial charge is 0.341 e. The number of rotatable bonds is 5. The van der Waals surface area contributed by atoms with Crippen molar-refractivity contribution in [2.24, 2.45) is 0 Å². The van der Waals surface area contributed by atoms with E-state index in [0.29, 0.717) is 43.7 Å². The van der Waals surface area contributed by atoms with Crippen molar-refractivity contribution in [2.75, 3.05) is 26.7 Å². The zero-order valence-electron chi connectivity index (χ0n) is 21.7. The van der Waals surface area contributed by atoms with Crippen LogP contribution in [-0.2, 0) is 28.7 Å². The lowest BCUT2D eigenvalue weighted by Crippen LogP contribution is -2.49. The highest BCUT2D eigenvalue weighted by Gasteiger charge is 2.36. The van der Waals surface area contributed by atoms with Crippen molar-refractivity contribution in [3.8, 4) is 0 Å². The van der Waals surface area contributed by atoms with Crippen LogP contribution in [0.3, 0.4) is 0 Å². The maximum atomic E-state index is 13.3. The van der Waals surface area contributed by atoms with Gasteiger partial charge in [-0.3, -0.25) is 14.3 Å². The van der Waals surface area contributed by atoms with Crippen LogP contribution in [0.15, 0.2) is 42.1 Å². The number of carbonyl (C=O) groups excluding carboxylic acids is 2. The third-order valence-corrected chi connectivity index (χ3v) is 7.96. The average molecular weight is 531 g/mol. The first-order chi connectivity index (χ1) is 18.1. The van der Waals surface area contributed by atoms with Gasteiger partial charge in [0, 0.05) is 38.1 Å². The summed E-state index contributed by atoms with van der Waals surface area (Å²) in [6.45, 7) is 2.78. The number of nitrogens with one attached hydrogen (secondary N) is 1. The summed E-state index contributed by atoms with van der Waals surface area (Å²) in [6.07, 6.45) is 1.70. The molecule has 38 heavy (non-hydrogen) atoms. The second-order valence-electron chi connectivity index (χ2n) is 10.4. The lowest BCUT2D eigenvalue weighted by Gasteiger charge is -2.37. The van der Waals surface area contributed by atoms with Crippen molar-refractivity contribution in [3.63, 3.8) is 0 Å². The second kappa shape index (κ2) is 10.4. The number of carbonyl (C=O) groups is 2. The number of hydrogen-bond acceptors (Lipinski definition) is 5. The van der Waals surface area contributed by atoms with Crippen LogP contribution in [0, 0.1) is 6.92 Å². The summed E-state index contributed by atoms with van der Waals surface area (Å²) in [5, 5.41) is 5.61. The largest absolute Gasteiger partial charge is 0.435 e. The van der Waals surface area contributed by atoms with Crippen molar-refractivity contribution in [2.45, 2.75) is 63.8 Å². The van der Waals surface area contributed by atoms with E-state index in [1.54, 1.807) is 11.1 Å². The van der Waals surface area contributed by atoms with Crippen LogP contribution in [0.25, 0.3) is 0 Å². The van der Waals surface area contributed by atoms with Gasteiger partial charge in [-0.25, -0.2) is 5.01 Å². The number of likely N-dealkylation sites (N-methyl/N-ethyl adjacent to an activating group) is 1. The Bertz CT molecular complexity index is 1230. The fraction of sp³-hybridized carbons (Fsp3) is 0.519.